The minimum atomic E-state index is -0.279. The monoisotopic (exact) mass is 217 g/mol. The number of hydrogen-bond donors (Lipinski definition) is 1. The van der Waals surface area contributed by atoms with Crippen molar-refractivity contribution in [2.24, 2.45) is 7.05 Å². The first-order valence-corrected chi connectivity index (χ1v) is 4.76. The van der Waals surface area contributed by atoms with Crippen molar-refractivity contribution in [3.8, 4) is 0 Å². The molecule has 0 aliphatic rings. The number of nitrogens with one attached hydrogen (secondary N) is 1. The molecule has 2 aromatic heterocycles. The number of anilines is 1. The molecule has 82 valence electrons. The van der Waals surface area contributed by atoms with Gasteiger partial charge in [0.05, 0.1) is 17.6 Å². The molecule has 0 bridgehead atoms. The number of carbonyl (C=O) groups excluding carboxylic acids is 1. The van der Waals surface area contributed by atoms with Crippen LogP contribution in [-0.2, 0) is 7.05 Å². The predicted octanol–water partition coefficient (Wildman–Crippen LogP) is 0.771. The van der Waals surface area contributed by atoms with E-state index in [0.717, 1.165) is 5.69 Å². The third-order valence-corrected chi connectivity index (χ3v) is 2.24. The van der Waals surface area contributed by atoms with Crippen molar-refractivity contribution in [3.05, 3.63) is 35.9 Å². The van der Waals surface area contributed by atoms with Crippen molar-refractivity contribution < 1.29 is 4.79 Å². The first kappa shape index (κ1) is 10.3. The molecule has 0 fully saturated rings. The highest BCUT2D eigenvalue weighted by molar-refractivity contribution is 6.03. The van der Waals surface area contributed by atoms with E-state index in [1.165, 1.54) is 0 Å². The van der Waals surface area contributed by atoms with E-state index in [9.17, 15) is 4.79 Å². The van der Waals surface area contributed by atoms with Crippen LogP contribution in [0.3, 0.4) is 0 Å². The molecule has 0 aromatic carbocycles. The summed E-state index contributed by atoms with van der Waals surface area (Å²) in [7, 11) is 1.74. The van der Waals surface area contributed by atoms with E-state index < -0.39 is 0 Å². The van der Waals surface area contributed by atoms with Crippen LogP contribution in [0.1, 0.15) is 16.2 Å². The summed E-state index contributed by atoms with van der Waals surface area (Å²) in [5.41, 5.74) is 1.69. The first-order chi connectivity index (χ1) is 7.68. The predicted molar refractivity (Wildman–Crippen MR) is 57.9 cm³/mol. The first-order valence-electron chi connectivity index (χ1n) is 4.76. The minimum absolute atomic E-state index is 0.279. The van der Waals surface area contributed by atoms with E-state index in [1.54, 1.807) is 43.2 Å². The third-order valence-electron chi connectivity index (χ3n) is 2.24. The second kappa shape index (κ2) is 4.09. The summed E-state index contributed by atoms with van der Waals surface area (Å²) in [6.45, 7) is 1.79. The summed E-state index contributed by atoms with van der Waals surface area (Å²) in [6.07, 6.45) is 3.22. The molecule has 16 heavy (non-hydrogen) atoms. The molecule has 0 spiro atoms. The van der Waals surface area contributed by atoms with Gasteiger partial charge >= 0.3 is 0 Å². The molecule has 1 N–H and O–H groups in total. The topological polar surface area (TPSA) is 72.7 Å². The van der Waals surface area contributed by atoms with Gasteiger partial charge in [0.2, 0.25) is 0 Å². The molecule has 2 aromatic rings. The molecule has 0 saturated heterocycles. The van der Waals surface area contributed by atoms with Crippen molar-refractivity contribution in [2.45, 2.75) is 6.92 Å². The summed E-state index contributed by atoms with van der Waals surface area (Å²) in [5.74, 6) is -0.279. The maximum Gasteiger partial charge on any atom is 0.278 e. The molecule has 0 unspecified atom stereocenters. The van der Waals surface area contributed by atoms with Crippen LogP contribution in [-0.4, -0.2) is 25.9 Å². The van der Waals surface area contributed by atoms with Gasteiger partial charge in [-0.3, -0.25) is 14.5 Å². The van der Waals surface area contributed by atoms with Crippen LogP contribution in [0.4, 0.5) is 5.69 Å². The Labute approximate surface area is 92.3 Å². The van der Waals surface area contributed by atoms with Crippen molar-refractivity contribution in [1.82, 2.24) is 20.0 Å². The molecule has 2 heterocycles. The lowest BCUT2D eigenvalue weighted by Gasteiger charge is -2.02. The highest BCUT2D eigenvalue weighted by Gasteiger charge is 2.14. The quantitative estimate of drug-likeness (QED) is 0.806. The van der Waals surface area contributed by atoms with Gasteiger partial charge in [-0.2, -0.15) is 0 Å². The van der Waals surface area contributed by atoms with Crippen LogP contribution in [0.25, 0.3) is 0 Å². The highest BCUT2D eigenvalue weighted by atomic mass is 16.2. The van der Waals surface area contributed by atoms with Crippen LogP contribution in [0.5, 0.6) is 0 Å². The molecule has 0 aliphatic heterocycles. The zero-order valence-electron chi connectivity index (χ0n) is 9.01. The Bertz CT molecular complexity index is 505. The van der Waals surface area contributed by atoms with Crippen molar-refractivity contribution in [2.75, 3.05) is 5.32 Å². The van der Waals surface area contributed by atoms with E-state index in [4.69, 9.17) is 0 Å². The van der Waals surface area contributed by atoms with E-state index >= 15 is 0 Å². The second-order valence-electron chi connectivity index (χ2n) is 3.34. The lowest BCUT2D eigenvalue weighted by molar-refractivity contribution is 0.102. The maximum atomic E-state index is 11.8. The van der Waals surface area contributed by atoms with E-state index in [1.807, 2.05) is 0 Å². The molecule has 0 radical (unpaired) electrons. The number of carbonyl (C=O) groups is 1. The van der Waals surface area contributed by atoms with Gasteiger partial charge in [0.25, 0.3) is 5.91 Å². The van der Waals surface area contributed by atoms with Gasteiger partial charge in [0.1, 0.15) is 0 Å². The van der Waals surface area contributed by atoms with E-state index in [2.05, 4.69) is 20.6 Å². The molecule has 0 atom stereocenters. The van der Waals surface area contributed by atoms with E-state index in [-0.39, 0.29) is 5.91 Å². The summed E-state index contributed by atoms with van der Waals surface area (Å²) >= 11 is 0. The number of aryl methyl sites for hydroxylation is 1. The SMILES string of the molecule is Cc1c(C(=O)Nc2cccnc2)nnn1C. The zero-order chi connectivity index (χ0) is 11.5. The summed E-state index contributed by atoms with van der Waals surface area (Å²) in [5, 5.41) is 10.3. The van der Waals surface area contributed by atoms with Crippen molar-refractivity contribution in [3.63, 3.8) is 0 Å². The number of pyridine rings is 1. The Morgan fingerprint density at radius 3 is 2.88 bits per heavy atom. The number of hydrogen-bond acceptors (Lipinski definition) is 4. The fourth-order valence-corrected chi connectivity index (χ4v) is 1.24. The highest BCUT2D eigenvalue weighted by Crippen LogP contribution is 2.07. The van der Waals surface area contributed by atoms with Crippen LogP contribution < -0.4 is 5.32 Å². The second-order valence-corrected chi connectivity index (χ2v) is 3.34. The molecular formula is C10H11N5O. The summed E-state index contributed by atoms with van der Waals surface area (Å²) in [4.78, 5) is 15.7. The molecule has 2 rings (SSSR count). The average molecular weight is 217 g/mol. The lowest BCUT2D eigenvalue weighted by Crippen LogP contribution is -2.14. The smallest absolute Gasteiger partial charge is 0.278 e. The number of rotatable bonds is 2. The van der Waals surface area contributed by atoms with Crippen LogP contribution in [0, 0.1) is 6.92 Å². The summed E-state index contributed by atoms with van der Waals surface area (Å²) < 4.78 is 1.55. The van der Waals surface area contributed by atoms with Gasteiger partial charge < -0.3 is 5.32 Å². The Kier molecular flexibility index (Phi) is 2.63. The Morgan fingerprint density at radius 1 is 1.50 bits per heavy atom. The average Bonchev–Trinajstić information content (AvgIpc) is 2.61. The van der Waals surface area contributed by atoms with E-state index in [0.29, 0.717) is 11.4 Å². The van der Waals surface area contributed by atoms with Gasteiger partial charge in [0, 0.05) is 13.2 Å². The maximum absolute atomic E-state index is 11.8. The largest absolute Gasteiger partial charge is 0.319 e. The molecule has 0 saturated carbocycles. The van der Waals surface area contributed by atoms with Gasteiger partial charge in [-0.05, 0) is 19.1 Å². The molecule has 1 amide bonds. The number of aromatic nitrogens is 4. The van der Waals surface area contributed by atoms with Gasteiger partial charge in [-0.25, -0.2) is 0 Å². The van der Waals surface area contributed by atoms with Gasteiger partial charge in [0.15, 0.2) is 5.69 Å². The Balaban J connectivity index is 2.18. The van der Waals surface area contributed by atoms with Gasteiger partial charge in [-0.1, -0.05) is 5.21 Å². The zero-order valence-corrected chi connectivity index (χ0v) is 9.01. The van der Waals surface area contributed by atoms with Crippen LogP contribution in [0.15, 0.2) is 24.5 Å². The molecular weight excluding hydrogens is 206 g/mol. The fourth-order valence-electron chi connectivity index (χ4n) is 1.24. The minimum Gasteiger partial charge on any atom is -0.319 e. The fraction of sp³-hybridized carbons (Fsp3) is 0.200. The molecule has 6 heteroatoms. The van der Waals surface area contributed by atoms with Crippen LogP contribution in [0.2, 0.25) is 0 Å². The Morgan fingerprint density at radius 2 is 2.31 bits per heavy atom. The van der Waals surface area contributed by atoms with Crippen molar-refractivity contribution in [1.29, 1.82) is 0 Å². The standard InChI is InChI=1S/C10H11N5O/c1-7-9(13-14-15(7)2)10(16)12-8-4-3-5-11-6-8/h3-6H,1-2H3,(H,12,16). The molecule has 0 aliphatic carbocycles. The lowest BCUT2D eigenvalue weighted by atomic mass is 10.3. The van der Waals surface area contributed by atoms with Gasteiger partial charge in [-0.15, -0.1) is 5.10 Å². The number of nitrogens with zero attached hydrogens (tertiary/aromatic N) is 4. The number of amides is 1. The normalized spacial score (nSPS) is 10.1. The van der Waals surface area contributed by atoms with Crippen LogP contribution >= 0.6 is 0 Å². The van der Waals surface area contributed by atoms with Crippen molar-refractivity contribution >= 4 is 11.6 Å². The summed E-state index contributed by atoms with van der Waals surface area (Å²) in [6, 6.07) is 3.51. The molecule has 6 nitrogen and oxygen atoms in total. The third kappa shape index (κ3) is 1.90. The Hall–Kier alpha value is -2.24.